The summed E-state index contributed by atoms with van der Waals surface area (Å²) in [6, 6.07) is 6.47. The first kappa shape index (κ1) is 19.8. The van der Waals surface area contributed by atoms with Crippen LogP contribution in [0.4, 0.5) is 8.78 Å². The molecule has 0 aliphatic rings. The van der Waals surface area contributed by atoms with E-state index in [1.807, 2.05) is 0 Å². The Morgan fingerprint density at radius 2 is 1.81 bits per heavy atom. The van der Waals surface area contributed by atoms with Gasteiger partial charge in [-0.15, -0.1) is 0 Å². The highest BCUT2D eigenvalue weighted by Gasteiger charge is 2.08. The molecule has 2 aromatic rings. The lowest BCUT2D eigenvalue weighted by molar-refractivity contribution is -0.283. The molecule has 0 radical (unpaired) electrons. The smallest absolute Gasteiger partial charge is 0.219 e. The summed E-state index contributed by atoms with van der Waals surface area (Å²) in [5.74, 6) is -1.21. The van der Waals surface area contributed by atoms with Gasteiger partial charge in [0.05, 0.1) is 13.2 Å². The minimum Gasteiger partial charge on any atom is -0.439 e. The van der Waals surface area contributed by atoms with Crippen molar-refractivity contribution in [1.82, 2.24) is 4.98 Å². The zero-order valence-corrected chi connectivity index (χ0v) is 14.4. The Morgan fingerprint density at radius 1 is 1.00 bits per heavy atom. The first-order chi connectivity index (χ1) is 12.6. The topological polar surface area (TPSA) is 59.0 Å². The fraction of sp³-hybridized carbons (Fsp3) is 0.278. The SMILES string of the molecule is CCOOC/C=C(/OOCC)c1ccc(Oc2ccc(F)c(F)c2)nc1. The molecule has 0 unspecified atom stereocenters. The van der Waals surface area contributed by atoms with Gasteiger partial charge in [-0.05, 0) is 38.1 Å². The molecule has 26 heavy (non-hydrogen) atoms. The number of pyridine rings is 1. The second-order valence-corrected chi connectivity index (χ2v) is 4.81. The number of aromatic nitrogens is 1. The monoisotopic (exact) mass is 367 g/mol. The molecule has 0 amide bonds. The largest absolute Gasteiger partial charge is 0.439 e. The normalized spacial score (nSPS) is 11.5. The van der Waals surface area contributed by atoms with E-state index >= 15 is 0 Å². The summed E-state index contributed by atoms with van der Waals surface area (Å²) in [4.78, 5) is 24.0. The summed E-state index contributed by atoms with van der Waals surface area (Å²) in [7, 11) is 0. The summed E-state index contributed by atoms with van der Waals surface area (Å²) in [5.41, 5.74) is 0.608. The van der Waals surface area contributed by atoms with Crippen molar-refractivity contribution in [3.8, 4) is 11.6 Å². The van der Waals surface area contributed by atoms with Crippen molar-refractivity contribution in [2.75, 3.05) is 19.8 Å². The van der Waals surface area contributed by atoms with Crippen LogP contribution >= 0.6 is 0 Å². The fourth-order valence-corrected chi connectivity index (χ4v) is 1.81. The van der Waals surface area contributed by atoms with Crippen molar-refractivity contribution < 1.29 is 33.1 Å². The lowest BCUT2D eigenvalue weighted by atomic mass is 10.2. The van der Waals surface area contributed by atoms with E-state index in [9.17, 15) is 8.78 Å². The van der Waals surface area contributed by atoms with Crippen LogP contribution in [0.5, 0.6) is 11.6 Å². The van der Waals surface area contributed by atoms with Gasteiger partial charge >= 0.3 is 0 Å². The van der Waals surface area contributed by atoms with Gasteiger partial charge in [-0.25, -0.2) is 23.5 Å². The molecular weight excluding hydrogens is 348 g/mol. The van der Waals surface area contributed by atoms with E-state index in [4.69, 9.17) is 24.3 Å². The molecule has 0 spiro atoms. The fourth-order valence-electron chi connectivity index (χ4n) is 1.81. The highest BCUT2D eigenvalue weighted by atomic mass is 19.2. The van der Waals surface area contributed by atoms with Crippen LogP contribution in [0.3, 0.4) is 0 Å². The zero-order valence-electron chi connectivity index (χ0n) is 14.4. The maximum absolute atomic E-state index is 13.2. The van der Waals surface area contributed by atoms with Crippen molar-refractivity contribution in [3.63, 3.8) is 0 Å². The van der Waals surface area contributed by atoms with Gasteiger partial charge in [-0.2, -0.15) is 4.89 Å². The first-order valence-corrected chi connectivity index (χ1v) is 7.97. The molecule has 0 atom stereocenters. The average Bonchev–Trinajstić information content (AvgIpc) is 2.65. The van der Waals surface area contributed by atoms with E-state index < -0.39 is 11.6 Å². The predicted octanol–water partition coefficient (Wildman–Crippen LogP) is 4.43. The van der Waals surface area contributed by atoms with E-state index in [1.165, 1.54) is 12.3 Å². The van der Waals surface area contributed by atoms with Gasteiger partial charge in [-0.1, -0.05) is 0 Å². The molecule has 1 heterocycles. The summed E-state index contributed by atoms with van der Waals surface area (Å²) >= 11 is 0. The quantitative estimate of drug-likeness (QED) is 0.268. The minimum absolute atomic E-state index is 0.135. The predicted molar refractivity (Wildman–Crippen MR) is 88.9 cm³/mol. The summed E-state index contributed by atoms with van der Waals surface area (Å²) in [5, 5.41) is 0. The molecule has 6 nitrogen and oxygen atoms in total. The first-order valence-electron chi connectivity index (χ1n) is 7.97. The van der Waals surface area contributed by atoms with Crippen molar-refractivity contribution in [2.24, 2.45) is 0 Å². The van der Waals surface area contributed by atoms with Crippen LogP contribution in [0.2, 0.25) is 0 Å². The third-order valence-electron chi connectivity index (χ3n) is 2.94. The summed E-state index contributed by atoms with van der Waals surface area (Å²) in [6.45, 7) is 4.52. The molecular formula is C18H19F2NO5. The van der Waals surface area contributed by atoms with Crippen molar-refractivity contribution in [2.45, 2.75) is 13.8 Å². The van der Waals surface area contributed by atoms with Gasteiger partial charge in [-0.3, -0.25) is 0 Å². The molecule has 2 rings (SSSR count). The summed E-state index contributed by atoms with van der Waals surface area (Å²) < 4.78 is 31.5. The van der Waals surface area contributed by atoms with Crippen LogP contribution in [0.1, 0.15) is 19.4 Å². The Balaban J connectivity index is 2.07. The van der Waals surface area contributed by atoms with Crippen molar-refractivity contribution >= 4 is 5.76 Å². The number of hydrogen-bond acceptors (Lipinski definition) is 6. The molecule has 8 heteroatoms. The van der Waals surface area contributed by atoms with E-state index in [0.29, 0.717) is 24.5 Å². The Labute approximate surface area is 149 Å². The number of hydrogen-bond donors (Lipinski definition) is 0. The molecule has 0 saturated heterocycles. The summed E-state index contributed by atoms with van der Waals surface area (Å²) in [6.07, 6.45) is 3.11. The van der Waals surface area contributed by atoms with Gasteiger partial charge < -0.3 is 9.62 Å². The Morgan fingerprint density at radius 3 is 2.46 bits per heavy atom. The van der Waals surface area contributed by atoms with Gasteiger partial charge in [0.15, 0.2) is 17.4 Å². The lowest BCUT2D eigenvalue weighted by Gasteiger charge is -2.09. The van der Waals surface area contributed by atoms with E-state index in [-0.39, 0.29) is 18.2 Å². The highest BCUT2D eigenvalue weighted by Crippen LogP contribution is 2.23. The van der Waals surface area contributed by atoms with Crippen molar-refractivity contribution in [1.29, 1.82) is 0 Å². The van der Waals surface area contributed by atoms with Gasteiger partial charge in [0.1, 0.15) is 12.4 Å². The molecule has 140 valence electrons. The van der Waals surface area contributed by atoms with Crippen LogP contribution in [0, 0.1) is 11.6 Å². The van der Waals surface area contributed by atoms with Gasteiger partial charge in [0, 0.05) is 23.9 Å². The third-order valence-corrected chi connectivity index (χ3v) is 2.94. The molecule has 0 fully saturated rings. The molecule has 0 aliphatic carbocycles. The molecule has 1 aromatic carbocycles. The Kier molecular flexibility index (Phi) is 7.94. The third kappa shape index (κ3) is 6.07. The highest BCUT2D eigenvalue weighted by molar-refractivity contribution is 5.58. The molecule has 0 aliphatic heterocycles. The molecule has 1 aromatic heterocycles. The zero-order chi connectivity index (χ0) is 18.8. The molecule has 0 bridgehead atoms. The number of nitrogens with zero attached hydrogens (tertiary/aromatic N) is 1. The van der Waals surface area contributed by atoms with Crippen molar-refractivity contribution in [3.05, 3.63) is 59.8 Å². The second-order valence-electron chi connectivity index (χ2n) is 4.81. The maximum Gasteiger partial charge on any atom is 0.219 e. The molecule has 0 N–H and O–H groups in total. The number of rotatable bonds is 10. The Bertz CT molecular complexity index is 722. The number of benzene rings is 1. The standard InChI is InChI=1S/C18H19F2NO5/c1-3-22-24-10-9-17(26-23-4-2)13-5-8-18(21-12-13)25-14-6-7-15(19)16(20)11-14/h5-9,11-12H,3-4,10H2,1-2H3/b17-9+. The number of ether oxygens (including phenoxy) is 1. The average molecular weight is 367 g/mol. The number of halogens is 2. The second kappa shape index (κ2) is 10.4. The van der Waals surface area contributed by atoms with Crippen LogP contribution in [-0.2, 0) is 19.6 Å². The van der Waals surface area contributed by atoms with Crippen LogP contribution in [0.25, 0.3) is 5.76 Å². The van der Waals surface area contributed by atoms with Gasteiger partial charge in [0.25, 0.3) is 0 Å². The van der Waals surface area contributed by atoms with E-state index in [0.717, 1.165) is 12.1 Å². The minimum atomic E-state index is -0.997. The van der Waals surface area contributed by atoms with Crippen LogP contribution < -0.4 is 4.74 Å². The van der Waals surface area contributed by atoms with Crippen LogP contribution in [0.15, 0.2) is 42.6 Å². The van der Waals surface area contributed by atoms with Gasteiger partial charge in [0.2, 0.25) is 5.88 Å². The lowest BCUT2D eigenvalue weighted by Crippen LogP contribution is -1.99. The van der Waals surface area contributed by atoms with Crippen LogP contribution in [-0.4, -0.2) is 24.8 Å². The maximum atomic E-state index is 13.2. The van der Waals surface area contributed by atoms with E-state index in [2.05, 4.69) is 4.98 Å². The Hall–Kier alpha value is -2.55. The van der Waals surface area contributed by atoms with E-state index in [1.54, 1.807) is 32.1 Å². The molecule has 0 saturated carbocycles.